The van der Waals surface area contributed by atoms with Crippen LogP contribution in [0.5, 0.6) is 5.75 Å². The second-order valence-corrected chi connectivity index (χ2v) is 5.22. The molecule has 0 unspecified atom stereocenters. The first-order valence-electron chi connectivity index (χ1n) is 7.29. The van der Waals surface area contributed by atoms with E-state index in [1.807, 2.05) is 66.7 Å². The van der Waals surface area contributed by atoms with Crippen molar-refractivity contribution < 1.29 is 5.11 Å². The van der Waals surface area contributed by atoms with Gasteiger partial charge in [-0.05, 0) is 29.7 Å². The first kappa shape index (κ1) is 13.4. The molecular weight excluding hydrogens is 286 g/mol. The van der Waals surface area contributed by atoms with Crippen LogP contribution in [0.15, 0.2) is 83.0 Å². The van der Waals surface area contributed by atoms with Crippen LogP contribution < -0.4 is 0 Å². The number of rotatable bonds is 2. The van der Waals surface area contributed by atoms with Crippen LogP contribution in [0.25, 0.3) is 21.7 Å². The SMILES string of the molecule is Oc1c(N=Nc2ccc3ccccc3n2)ccc2ccccc12. The number of pyridine rings is 1. The molecule has 0 aliphatic carbocycles. The zero-order valence-corrected chi connectivity index (χ0v) is 12.2. The minimum atomic E-state index is 0.132. The number of aromatic nitrogens is 1. The normalized spacial score (nSPS) is 11.5. The molecule has 3 aromatic carbocycles. The molecule has 0 aliphatic heterocycles. The lowest BCUT2D eigenvalue weighted by atomic mass is 10.1. The smallest absolute Gasteiger partial charge is 0.174 e. The number of phenols is 1. The number of phenolic OH excluding ortho intramolecular Hbond substituents is 1. The number of nitrogens with zero attached hydrogens (tertiary/aromatic N) is 3. The van der Waals surface area contributed by atoms with Gasteiger partial charge in [0.2, 0.25) is 0 Å². The lowest BCUT2D eigenvalue weighted by Gasteiger charge is -2.03. The van der Waals surface area contributed by atoms with E-state index in [1.165, 1.54) is 0 Å². The summed E-state index contributed by atoms with van der Waals surface area (Å²) in [5.41, 5.74) is 1.30. The summed E-state index contributed by atoms with van der Waals surface area (Å²) in [6.45, 7) is 0. The van der Waals surface area contributed by atoms with Gasteiger partial charge in [0, 0.05) is 10.8 Å². The first-order chi connectivity index (χ1) is 11.3. The Bertz CT molecular complexity index is 1040. The fraction of sp³-hybridized carbons (Fsp3) is 0. The van der Waals surface area contributed by atoms with E-state index >= 15 is 0 Å². The monoisotopic (exact) mass is 299 g/mol. The maximum absolute atomic E-state index is 10.3. The summed E-state index contributed by atoms with van der Waals surface area (Å²) in [7, 11) is 0. The molecule has 1 N–H and O–H groups in total. The highest BCUT2D eigenvalue weighted by atomic mass is 16.3. The van der Waals surface area contributed by atoms with Gasteiger partial charge in [-0.15, -0.1) is 10.2 Å². The van der Waals surface area contributed by atoms with Crippen molar-refractivity contribution in [2.45, 2.75) is 0 Å². The van der Waals surface area contributed by atoms with Gasteiger partial charge in [-0.3, -0.25) is 0 Å². The molecule has 110 valence electrons. The van der Waals surface area contributed by atoms with E-state index in [4.69, 9.17) is 0 Å². The number of hydrogen-bond acceptors (Lipinski definition) is 4. The molecular formula is C19H13N3O. The van der Waals surface area contributed by atoms with Crippen molar-refractivity contribution in [2.75, 3.05) is 0 Å². The largest absolute Gasteiger partial charge is 0.505 e. The van der Waals surface area contributed by atoms with Gasteiger partial charge in [-0.25, -0.2) is 4.98 Å². The van der Waals surface area contributed by atoms with Gasteiger partial charge in [0.1, 0.15) is 5.69 Å². The zero-order valence-electron chi connectivity index (χ0n) is 12.2. The van der Waals surface area contributed by atoms with Gasteiger partial charge in [-0.2, -0.15) is 0 Å². The fourth-order valence-corrected chi connectivity index (χ4v) is 2.54. The summed E-state index contributed by atoms with van der Waals surface area (Å²) >= 11 is 0. The Labute approximate surface area is 132 Å². The quantitative estimate of drug-likeness (QED) is 0.496. The van der Waals surface area contributed by atoms with Crippen LogP contribution in [0.1, 0.15) is 0 Å². The van der Waals surface area contributed by atoms with Crippen molar-refractivity contribution in [2.24, 2.45) is 10.2 Å². The van der Waals surface area contributed by atoms with Crippen molar-refractivity contribution in [3.8, 4) is 5.75 Å². The Morgan fingerprint density at radius 2 is 1.43 bits per heavy atom. The fourth-order valence-electron chi connectivity index (χ4n) is 2.54. The van der Waals surface area contributed by atoms with Crippen LogP contribution >= 0.6 is 0 Å². The number of azo groups is 1. The van der Waals surface area contributed by atoms with Crippen LogP contribution in [0.4, 0.5) is 11.5 Å². The lowest BCUT2D eigenvalue weighted by molar-refractivity contribution is 0.482. The van der Waals surface area contributed by atoms with E-state index in [0.717, 1.165) is 21.7 Å². The average molecular weight is 299 g/mol. The minimum Gasteiger partial charge on any atom is -0.505 e. The topological polar surface area (TPSA) is 57.8 Å². The third-order valence-electron chi connectivity index (χ3n) is 3.72. The molecule has 23 heavy (non-hydrogen) atoms. The van der Waals surface area contributed by atoms with E-state index in [-0.39, 0.29) is 5.75 Å². The Balaban J connectivity index is 1.73. The zero-order chi connectivity index (χ0) is 15.6. The number of fused-ring (bicyclic) bond motifs is 2. The average Bonchev–Trinajstić information content (AvgIpc) is 2.61. The molecule has 0 atom stereocenters. The summed E-state index contributed by atoms with van der Waals surface area (Å²) in [6, 6.07) is 22.9. The molecule has 4 heteroatoms. The second kappa shape index (κ2) is 5.50. The van der Waals surface area contributed by atoms with Gasteiger partial charge in [-0.1, -0.05) is 48.5 Å². The predicted molar refractivity (Wildman–Crippen MR) is 91.5 cm³/mol. The van der Waals surface area contributed by atoms with Crippen molar-refractivity contribution in [3.05, 3.63) is 72.8 Å². The van der Waals surface area contributed by atoms with E-state index in [2.05, 4.69) is 15.2 Å². The summed E-state index contributed by atoms with van der Waals surface area (Å²) in [6.07, 6.45) is 0. The molecule has 4 nitrogen and oxygen atoms in total. The van der Waals surface area contributed by atoms with Crippen LogP contribution in [-0.4, -0.2) is 10.1 Å². The summed E-state index contributed by atoms with van der Waals surface area (Å²) in [5, 5.41) is 21.4. The van der Waals surface area contributed by atoms with E-state index in [0.29, 0.717) is 11.5 Å². The maximum atomic E-state index is 10.3. The Morgan fingerprint density at radius 3 is 2.35 bits per heavy atom. The van der Waals surface area contributed by atoms with Gasteiger partial charge < -0.3 is 5.11 Å². The van der Waals surface area contributed by atoms with Gasteiger partial charge in [0.15, 0.2) is 11.6 Å². The molecule has 0 bridgehead atoms. The van der Waals surface area contributed by atoms with Crippen LogP contribution in [0, 0.1) is 0 Å². The van der Waals surface area contributed by atoms with Gasteiger partial charge >= 0.3 is 0 Å². The Morgan fingerprint density at radius 1 is 0.696 bits per heavy atom. The van der Waals surface area contributed by atoms with Crippen molar-refractivity contribution in [1.82, 2.24) is 4.98 Å². The van der Waals surface area contributed by atoms with E-state index < -0.39 is 0 Å². The molecule has 0 radical (unpaired) electrons. The first-order valence-corrected chi connectivity index (χ1v) is 7.29. The Kier molecular flexibility index (Phi) is 3.20. The van der Waals surface area contributed by atoms with Crippen LogP contribution in [0.2, 0.25) is 0 Å². The van der Waals surface area contributed by atoms with Crippen LogP contribution in [-0.2, 0) is 0 Å². The van der Waals surface area contributed by atoms with Gasteiger partial charge in [0.05, 0.1) is 5.52 Å². The highest BCUT2D eigenvalue weighted by Crippen LogP contribution is 2.35. The lowest BCUT2D eigenvalue weighted by Crippen LogP contribution is -1.78. The number of hydrogen-bond donors (Lipinski definition) is 1. The van der Waals surface area contributed by atoms with Crippen LogP contribution in [0.3, 0.4) is 0 Å². The highest BCUT2D eigenvalue weighted by Gasteiger charge is 2.05. The molecule has 0 amide bonds. The minimum absolute atomic E-state index is 0.132. The van der Waals surface area contributed by atoms with E-state index in [1.54, 1.807) is 6.07 Å². The number of benzene rings is 3. The molecule has 0 fully saturated rings. The molecule has 0 saturated heterocycles. The van der Waals surface area contributed by atoms with E-state index in [9.17, 15) is 5.11 Å². The summed E-state index contributed by atoms with van der Waals surface area (Å²) in [4.78, 5) is 4.44. The second-order valence-electron chi connectivity index (χ2n) is 5.22. The highest BCUT2D eigenvalue weighted by molar-refractivity contribution is 5.92. The third-order valence-corrected chi connectivity index (χ3v) is 3.72. The standard InChI is InChI=1S/C19H13N3O/c23-19-15-7-3-1-5-13(15)9-11-17(19)21-22-18-12-10-14-6-2-4-8-16(14)20-18/h1-12,23H. The summed E-state index contributed by atoms with van der Waals surface area (Å²) < 4.78 is 0. The summed E-state index contributed by atoms with van der Waals surface area (Å²) in [5.74, 6) is 0.642. The van der Waals surface area contributed by atoms with Gasteiger partial charge in [0.25, 0.3) is 0 Å². The molecule has 0 aliphatic rings. The molecule has 0 saturated carbocycles. The number of aromatic hydroxyl groups is 1. The molecule has 4 rings (SSSR count). The maximum Gasteiger partial charge on any atom is 0.174 e. The molecule has 4 aromatic rings. The molecule has 1 aromatic heterocycles. The third kappa shape index (κ3) is 2.51. The number of para-hydroxylation sites is 1. The van der Waals surface area contributed by atoms with Crippen molar-refractivity contribution >= 4 is 33.2 Å². The predicted octanol–water partition coefficient (Wildman–Crippen LogP) is 5.51. The van der Waals surface area contributed by atoms with Crippen molar-refractivity contribution in [3.63, 3.8) is 0 Å². The van der Waals surface area contributed by atoms with Crippen molar-refractivity contribution in [1.29, 1.82) is 0 Å². The molecule has 1 heterocycles. The Hall–Kier alpha value is -3.27. The molecule has 0 spiro atoms.